The second-order valence-electron chi connectivity index (χ2n) is 6.17. The molecule has 0 bridgehead atoms. The van der Waals surface area contributed by atoms with E-state index < -0.39 is 11.7 Å². The number of carbonyl (C=O) groups is 2. The van der Waals surface area contributed by atoms with E-state index in [0.717, 1.165) is 12.1 Å². The minimum Gasteiger partial charge on any atom is -0.352 e. The molecule has 0 radical (unpaired) electrons. The number of halogens is 3. The molecule has 0 aliphatic carbocycles. The van der Waals surface area contributed by atoms with Gasteiger partial charge in [-0.2, -0.15) is 13.2 Å². The molecule has 0 aromatic heterocycles. The fourth-order valence-electron chi connectivity index (χ4n) is 2.25. The molecule has 144 valence electrons. The molecule has 0 unspecified atom stereocenters. The van der Waals surface area contributed by atoms with Gasteiger partial charge in [0.1, 0.15) is 0 Å². The number of anilines is 1. The minimum absolute atomic E-state index is 0.0896. The molecule has 0 aliphatic heterocycles. The molecule has 2 aromatic rings. The highest BCUT2D eigenvalue weighted by atomic mass is 19.4. The van der Waals surface area contributed by atoms with Gasteiger partial charge in [0.2, 0.25) is 5.91 Å². The lowest BCUT2D eigenvalue weighted by atomic mass is 10.1. The zero-order valence-corrected chi connectivity index (χ0v) is 14.9. The van der Waals surface area contributed by atoms with E-state index in [4.69, 9.17) is 0 Å². The van der Waals surface area contributed by atoms with Crippen molar-refractivity contribution in [2.24, 2.45) is 0 Å². The predicted octanol–water partition coefficient (Wildman–Crippen LogP) is 3.66. The van der Waals surface area contributed by atoms with Crippen LogP contribution in [0.1, 0.15) is 16.7 Å². The number of benzene rings is 2. The van der Waals surface area contributed by atoms with E-state index in [0.29, 0.717) is 16.8 Å². The van der Waals surface area contributed by atoms with Crippen LogP contribution in [0.2, 0.25) is 0 Å². The number of urea groups is 1. The van der Waals surface area contributed by atoms with Crippen molar-refractivity contribution < 1.29 is 22.8 Å². The van der Waals surface area contributed by atoms with Gasteiger partial charge in [-0.1, -0.05) is 24.3 Å². The molecular formula is C19H20F3N3O2. The molecule has 0 heterocycles. The number of hydrogen-bond donors (Lipinski definition) is 2. The van der Waals surface area contributed by atoms with E-state index >= 15 is 0 Å². The van der Waals surface area contributed by atoms with Gasteiger partial charge in [-0.25, -0.2) is 4.79 Å². The Morgan fingerprint density at radius 2 is 1.67 bits per heavy atom. The SMILES string of the molecule is CN(C)C(=O)Nc1cccc(CC(=O)NCc2ccc(C(F)(F)F)cc2)c1. The van der Waals surface area contributed by atoms with Gasteiger partial charge in [-0.3, -0.25) is 4.79 Å². The zero-order chi connectivity index (χ0) is 20.0. The average Bonchev–Trinajstić information content (AvgIpc) is 2.60. The van der Waals surface area contributed by atoms with Gasteiger partial charge in [0.15, 0.2) is 0 Å². The normalized spacial score (nSPS) is 11.0. The van der Waals surface area contributed by atoms with Crippen LogP contribution in [-0.2, 0) is 23.9 Å². The van der Waals surface area contributed by atoms with E-state index in [2.05, 4.69) is 10.6 Å². The maximum atomic E-state index is 12.5. The van der Waals surface area contributed by atoms with Crippen LogP contribution < -0.4 is 10.6 Å². The fourth-order valence-corrected chi connectivity index (χ4v) is 2.25. The largest absolute Gasteiger partial charge is 0.416 e. The van der Waals surface area contributed by atoms with Crippen molar-refractivity contribution in [2.75, 3.05) is 19.4 Å². The third-order valence-corrected chi connectivity index (χ3v) is 3.72. The van der Waals surface area contributed by atoms with Crippen LogP contribution in [0.25, 0.3) is 0 Å². The lowest BCUT2D eigenvalue weighted by Crippen LogP contribution is -2.27. The van der Waals surface area contributed by atoms with E-state index in [1.807, 2.05) is 0 Å². The fraction of sp³-hybridized carbons (Fsp3) is 0.263. The number of carbonyl (C=O) groups excluding carboxylic acids is 2. The summed E-state index contributed by atoms with van der Waals surface area (Å²) in [5.41, 5.74) is 1.12. The molecule has 2 rings (SSSR count). The van der Waals surface area contributed by atoms with Crippen LogP contribution >= 0.6 is 0 Å². The van der Waals surface area contributed by atoms with Crippen LogP contribution in [0.4, 0.5) is 23.7 Å². The Labute approximate surface area is 155 Å². The van der Waals surface area contributed by atoms with Crippen LogP contribution in [-0.4, -0.2) is 30.9 Å². The summed E-state index contributed by atoms with van der Waals surface area (Å²) < 4.78 is 37.6. The lowest BCUT2D eigenvalue weighted by Gasteiger charge is -2.13. The van der Waals surface area contributed by atoms with Gasteiger partial charge in [0, 0.05) is 26.3 Å². The third kappa shape index (κ3) is 6.32. The first kappa shape index (κ1) is 20.3. The number of alkyl halides is 3. The molecule has 0 spiro atoms. The Bertz CT molecular complexity index is 803. The van der Waals surface area contributed by atoms with Crippen molar-refractivity contribution in [3.8, 4) is 0 Å². The molecule has 0 fully saturated rings. The molecule has 0 saturated heterocycles. The summed E-state index contributed by atoms with van der Waals surface area (Å²) in [5, 5.41) is 5.36. The first-order chi connectivity index (χ1) is 12.6. The monoisotopic (exact) mass is 379 g/mol. The summed E-state index contributed by atoms with van der Waals surface area (Å²) in [4.78, 5) is 25.1. The van der Waals surface area contributed by atoms with Crippen molar-refractivity contribution in [1.29, 1.82) is 0 Å². The number of nitrogens with zero attached hydrogens (tertiary/aromatic N) is 1. The summed E-state index contributed by atoms with van der Waals surface area (Å²) in [7, 11) is 3.24. The van der Waals surface area contributed by atoms with E-state index in [1.54, 1.807) is 38.4 Å². The van der Waals surface area contributed by atoms with E-state index in [9.17, 15) is 22.8 Å². The molecule has 3 amide bonds. The van der Waals surface area contributed by atoms with Crippen LogP contribution in [0.3, 0.4) is 0 Å². The Morgan fingerprint density at radius 1 is 1.00 bits per heavy atom. The van der Waals surface area contributed by atoms with Crippen molar-refractivity contribution in [2.45, 2.75) is 19.1 Å². The molecular weight excluding hydrogens is 359 g/mol. The lowest BCUT2D eigenvalue weighted by molar-refractivity contribution is -0.137. The predicted molar refractivity (Wildman–Crippen MR) is 96.1 cm³/mol. The van der Waals surface area contributed by atoms with Crippen LogP contribution in [0, 0.1) is 0 Å². The second-order valence-corrected chi connectivity index (χ2v) is 6.17. The minimum atomic E-state index is -4.38. The Morgan fingerprint density at radius 3 is 2.26 bits per heavy atom. The number of rotatable bonds is 5. The topological polar surface area (TPSA) is 61.4 Å². The van der Waals surface area contributed by atoms with Crippen LogP contribution in [0.5, 0.6) is 0 Å². The molecule has 2 aromatic carbocycles. The maximum Gasteiger partial charge on any atom is 0.416 e. The second kappa shape index (κ2) is 8.57. The van der Waals surface area contributed by atoms with Crippen LogP contribution in [0.15, 0.2) is 48.5 Å². The van der Waals surface area contributed by atoms with Crippen molar-refractivity contribution >= 4 is 17.6 Å². The number of amides is 3. The van der Waals surface area contributed by atoms with Gasteiger partial charge in [-0.05, 0) is 35.4 Å². The maximum absolute atomic E-state index is 12.5. The number of nitrogens with one attached hydrogen (secondary N) is 2. The summed E-state index contributed by atoms with van der Waals surface area (Å²) in [5.74, 6) is -0.272. The van der Waals surface area contributed by atoms with Crippen molar-refractivity contribution in [1.82, 2.24) is 10.2 Å². The highest BCUT2D eigenvalue weighted by Gasteiger charge is 2.29. The first-order valence-corrected chi connectivity index (χ1v) is 8.15. The molecule has 0 atom stereocenters. The molecule has 0 saturated carbocycles. The average molecular weight is 379 g/mol. The summed E-state index contributed by atoms with van der Waals surface area (Å²) in [6.45, 7) is 0.133. The quantitative estimate of drug-likeness (QED) is 0.833. The third-order valence-electron chi connectivity index (χ3n) is 3.72. The van der Waals surface area contributed by atoms with Gasteiger partial charge < -0.3 is 15.5 Å². The Kier molecular flexibility index (Phi) is 6.44. The molecule has 8 heteroatoms. The first-order valence-electron chi connectivity index (χ1n) is 8.15. The standard InChI is InChI=1S/C19H20F3N3O2/c1-25(2)18(27)24-16-5-3-4-14(10-16)11-17(26)23-12-13-6-8-15(9-7-13)19(20,21)22/h3-10H,11-12H2,1-2H3,(H,23,26)(H,24,27). The molecule has 2 N–H and O–H groups in total. The van der Waals surface area contributed by atoms with Crippen molar-refractivity contribution in [3.05, 3.63) is 65.2 Å². The summed E-state index contributed by atoms with van der Waals surface area (Å²) >= 11 is 0. The summed E-state index contributed by atoms with van der Waals surface area (Å²) in [6.07, 6.45) is -4.29. The zero-order valence-electron chi connectivity index (χ0n) is 14.9. The van der Waals surface area contributed by atoms with Crippen molar-refractivity contribution in [3.63, 3.8) is 0 Å². The molecule has 0 aliphatic rings. The Hall–Kier alpha value is -3.03. The van der Waals surface area contributed by atoms with E-state index in [-0.39, 0.29) is 24.9 Å². The van der Waals surface area contributed by atoms with E-state index in [1.165, 1.54) is 17.0 Å². The molecule has 5 nitrogen and oxygen atoms in total. The van der Waals surface area contributed by atoms with Gasteiger partial charge >= 0.3 is 12.2 Å². The molecule has 27 heavy (non-hydrogen) atoms. The highest BCUT2D eigenvalue weighted by Crippen LogP contribution is 2.29. The highest BCUT2D eigenvalue weighted by molar-refractivity contribution is 5.89. The van der Waals surface area contributed by atoms with Gasteiger partial charge in [-0.15, -0.1) is 0 Å². The van der Waals surface area contributed by atoms with Gasteiger partial charge in [0.05, 0.1) is 12.0 Å². The summed E-state index contributed by atoms with van der Waals surface area (Å²) in [6, 6.07) is 11.2. The van der Waals surface area contributed by atoms with Gasteiger partial charge in [0.25, 0.3) is 0 Å². The Balaban J connectivity index is 1.89. The number of hydrogen-bond acceptors (Lipinski definition) is 2. The smallest absolute Gasteiger partial charge is 0.352 e.